The van der Waals surface area contributed by atoms with E-state index >= 15 is 0 Å². The van der Waals surface area contributed by atoms with E-state index in [1.54, 1.807) is 12.1 Å². The molecule has 2 heterocycles. The summed E-state index contributed by atoms with van der Waals surface area (Å²) >= 11 is 0. The molecule has 1 amide bonds. The molecule has 132 valence electrons. The van der Waals surface area contributed by atoms with E-state index < -0.39 is 0 Å². The number of piperidine rings is 1. The molecule has 2 aliphatic heterocycles. The van der Waals surface area contributed by atoms with Crippen molar-refractivity contribution in [1.29, 1.82) is 0 Å². The lowest BCUT2D eigenvalue weighted by atomic mass is 9.73. The lowest BCUT2D eigenvalue weighted by molar-refractivity contribution is -0.163. The molecule has 2 saturated heterocycles. The van der Waals surface area contributed by atoms with Crippen LogP contribution in [0.1, 0.15) is 31.7 Å². The summed E-state index contributed by atoms with van der Waals surface area (Å²) in [5.74, 6) is -0.243. The third-order valence-corrected chi connectivity index (χ3v) is 5.18. The van der Waals surface area contributed by atoms with Gasteiger partial charge < -0.3 is 14.4 Å². The summed E-state index contributed by atoms with van der Waals surface area (Å²) < 4.78 is 25.0. The summed E-state index contributed by atoms with van der Waals surface area (Å²) in [5.41, 5.74) is 0.630. The molecule has 0 bridgehead atoms. The Morgan fingerprint density at radius 2 is 2.38 bits per heavy atom. The zero-order chi connectivity index (χ0) is 17.0. The van der Waals surface area contributed by atoms with Crippen molar-refractivity contribution in [2.24, 2.45) is 5.41 Å². The van der Waals surface area contributed by atoms with Crippen LogP contribution in [-0.2, 0) is 20.7 Å². The van der Waals surface area contributed by atoms with Gasteiger partial charge in [-0.3, -0.25) is 4.79 Å². The number of nitrogens with zero attached hydrogens (tertiary/aromatic N) is 1. The van der Waals surface area contributed by atoms with Crippen molar-refractivity contribution in [1.82, 2.24) is 4.90 Å². The number of hydrogen-bond donors (Lipinski definition) is 0. The number of carbonyl (C=O) groups excluding carboxylic acids is 1. The second kappa shape index (κ2) is 7.62. The first-order valence-corrected chi connectivity index (χ1v) is 8.84. The number of amides is 1. The fourth-order valence-electron chi connectivity index (χ4n) is 3.95. The van der Waals surface area contributed by atoms with E-state index in [4.69, 9.17) is 9.47 Å². The summed E-state index contributed by atoms with van der Waals surface area (Å²) in [6, 6.07) is 6.28. The monoisotopic (exact) mass is 335 g/mol. The van der Waals surface area contributed by atoms with Gasteiger partial charge in [0.25, 0.3) is 0 Å². The largest absolute Gasteiger partial charge is 0.381 e. The van der Waals surface area contributed by atoms with Crippen molar-refractivity contribution in [2.45, 2.75) is 38.7 Å². The molecule has 0 N–H and O–H groups in total. The smallest absolute Gasteiger partial charge is 0.227 e. The Hall–Kier alpha value is -1.46. The first-order valence-electron chi connectivity index (χ1n) is 8.84. The zero-order valence-corrected chi connectivity index (χ0v) is 14.3. The van der Waals surface area contributed by atoms with Crippen LogP contribution in [0.4, 0.5) is 4.39 Å². The van der Waals surface area contributed by atoms with E-state index in [0.717, 1.165) is 31.4 Å². The number of rotatable bonds is 5. The van der Waals surface area contributed by atoms with Gasteiger partial charge >= 0.3 is 0 Å². The third-order valence-electron chi connectivity index (χ3n) is 5.18. The fourth-order valence-corrected chi connectivity index (χ4v) is 3.95. The van der Waals surface area contributed by atoms with Gasteiger partial charge in [0, 0.05) is 31.7 Å². The summed E-state index contributed by atoms with van der Waals surface area (Å²) in [6.07, 6.45) is 3.31. The van der Waals surface area contributed by atoms with Crippen molar-refractivity contribution in [3.05, 3.63) is 35.6 Å². The van der Waals surface area contributed by atoms with Gasteiger partial charge in [0.05, 0.1) is 19.1 Å². The lowest BCUT2D eigenvalue weighted by Crippen LogP contribution is -2.58. The molecule has 2 atom stereocenters. The number of halogens is 1. The van der Waals surface area contributed by atoms with Crippen LogP contribution in [0.2, 0.25) is 0 Å². The first kappa shape index (κ1) is 17.4. The summed E-state index contributed by atoms with van der Waals surface area (Å²) in [5, 5.41) is 0. The Bertz CT molecular complexity index is 579. The maximum absolute atomic E-state index is 13.3. The molecule has 0 aromatic heterocycles. The van der Waals surface area contributed by atoms with Crippen LogP contribution in [-0.4, -0.2) is 49.8 Å². The minimum absolute atomic E-state index is 0.0560. The summed E-state index contributed by atoms with van der Waals surface area (Å²) in [6.45, 7) is 5.48. The SMILES string of the molecule is CCOC[C@]12CCCO[C@@H]1CCN(C(=O)Cc1cccc(F)c1)C2. The van der Waals surface area contributed by atoms with Crippen LogP contribution in [0.5, 0.6) is 0 Å². The van der Waals surface area contributed by atoms with Gasteiger partial charge in [0.2, 0.25) is 5.91 Å². The molecule has 1 aromatic rings. The third kappa shape index (κ3) is 3.78. The van der Waals surface area contributed by atoms with Crippen LogP contribution in [0, 0.1) is 11.2 Å². The van der Waals surface area contributed by atoms with Crippen LogP contribution in [0.15, 0.2) is 24.3 Å². The molecule has 2 fully saturated rings. The van der Waals surface area contributed by atoms with Gasteiger partial charge in [0.15, 0.2) is 0 Å². The van der Waals surface area contributed by atoms with Gasteiger partial charge in [-0.05, 0) is 43.9 Å². The molecule has 0 spiro atoms. The molecule has 5 heteroatoms. The van der Waals surface area contributed by atoms with Gasteiger partial charge in [-0.1, -0.05) is 12.1 Å². The van der Waals surface area contributed by atoms with E-state index in [1.165, 1.54) is 12.1 Å². The van der Waals surface area contributed by atoms with Crippen LogP contribution < -0.4 is 0 Å². The highest BCUT2D eigenvalue weighted by Gasteiger charge is 2.47. The molecular formula is C19H26FNO3. The van der Waals surface area contributed by atoms with Crippen LogP contribution in [0.25, 0.3) is 0 Å². The van der Waals surface area contributed by atoms with Gasteiger partial charge in [-0.2, -0.15) is 0 Å². The predicted molar refractivity (Wildman–Crippen MR) is 89.2 cm³/mol. The highest BCUT2D eigenvalue weighted by molar-refractivity contribution is 5.79. The van der Waals surface area contributed by atoms with Gasteiger partial charge in [-0.25, -0.2) is 4.39 Å². The number of fused-ring (bicyclic) bond motifs is 1. The summed E-state index contributed by atoms with van der Waals surface area (Å²) in [7, 11) is 0. The topological polar surface area (TPSA) is 38.8 Å². The Balaban J connectivity index is 1.69. The minimum atomic E-state index is -0.299. The maximum Gasteiger partial charge on any atom is 0.227 e. The Morgan fingerprint density at radius 1 is 1.50 bits per heavy atom. The molecule has 4 nitrogen and oxygen atoms in total. The number of hydrogen-bond acceptors (Lipinski definition) is 3. The lowest BCUT2D eigenvalue weighted by Gasteiger charge is -2.50. The standard InChI is InChI=1S/C19H26FNO3/c1-2-23-14-19-8-4-10-24-17(19)7-9-21(13-19)18(22)12-15-5-3-6-16(20)11-15/h3,5-6,11,17H,2,4,7-10,12-14H2,1H3/t17-,19-/m1/s1. The Morgan fingerprint density at radius 3 is 3.17 bits per heavy atom. The normalized spacial score (nSPS) is 26.9. The average Bonchev–Trinajstić information content (AvgIpc) is 2.59. The van der Waals surface area contributed by atoms with E-state index in [1.807, 2.05) is 11.8 Å². The Kier molecular flexibility index (Phi) is 5.51. The highest BCUT2D eigenvalue weighted by atomic mass is 19.1. The van der Waals surface area contributed by atoms with E-state index in [2.05, 4.69) is 0 Å². The number of ether oxygens (including phenoxy) is 2. The molecule has 3 rings (SSSR count). The van der Waals surface area contributed by atoms with E-state index in [0.29, 0.717) is 26.3 Å². The van der Waals surface area contributed by atoms with Crippen LogP contribution >= 0.6 is 0 Å². The molecule has 2 aliphatic rings. The van der Waals surface area contributed by atoms with Gasteiger partial charge in [0.1, 0.15) is 5.82 Å². The predicted octanol–water partition coefficient (Wildman–Crippen LogP) is 2.80. The zero-order valence-electron chi connectivity index (χ0n) is 14.3. The molecule has 24 heavy (non-hydrogen) atoms. The van der Waals surface area contributed by atoms with Crippen molar-refractivity contribution < 1.29 is 18.7 Å². The average molecular weight is 335 g/mol. The van der Waals surface area contributed by atoms with E-state index in [9.17, 15) is 9.18 Å². The van der Waals surface area contributed by atoms with Gasteiger partial charge in [-0.15, -0.1) is 0 Å². The van der Waals surface area contributed by atoms with Crippen molar-refractivity contribution >= 4 is 5.91 Å². The molecule has 0 unspecified atom stereocenters. The number of likely N-dealkylation sites (tertiary alicyclic amines) is 1. The second-order valence-corrected chi connectivity index (χ2v) is 6.87. The first-order chi connectivity index (χ1) is 11.6. The van der Waals surface area contributed by atoms with Crippen molar-refractivity contribution in [3.63, 3.8) is 0 Å². The Labute approximate surface area is 142 Å². The second-order valence-electron chi connectivity index (χ2n) is 6.87. The van der Waals surface area contributed by atoms with E-state index in [-0.39, 0.29) is 29.7 Å². The molecule has 0 radical (unpaired) electrons. The maximum atomic E-state index is 13.3. The van der Waals surface area contributed by atoms with Crippen molar-refractivity contribution in [3.8, 4) is 0 Å². The number of benzene rings is 1. The number of carbonyl (C=O) groups is 1. The quantitative estimate of drug-likeness (QED) is 0.830. The molecule has 1 aromatic carbocycles. The fraction of sp³-hybridized carbons (Fsp3) is 0.632. The highest BCUT2D eigenvalue weighted by Crippen LogP contribution is 2.40. The summed E-state index contributed by atoms with van der Waals surface area (Å²) in [4.78, 5) is 14.6. The molecule has 0 saturated carbocycles. The molecular weight excluding hydrogens is 309 g/mol. The molecule has 0 aliphatic carbocycles. The van der Waals surface area contributed by atoms with Crippen molar-refractivity contribution in [2.75, 3.05) is 32.9 Å². The van der Waals surface area contributed by atoms with Crippen LogP contribution in [0.3, 0.4) is 0 Å². The minimum Gasteiger partial charge on any atom is -0.381 e.